The Kier molecular flexibility index (Phi) is 4.58. The van der Waals surface area contributed by atoms with Crippen LogP contribution in [0, 0.1) is 3.57 Å². The minimum Gasteiger partial charge on any atom is -0.399 e. The Morgan fingerprint density at radius 2 is 2.13 bits per heavy atom. The molecule has 4 heteroatoms. The monoisotopic (exact) mass is 336 g/mol. The molecule has 0 spiro atoms. The van der Waals surface area contributed by atoms with E-state index in [9.17, 15) is 0 Å². The van der Waals surface area contributed by atoms with Gasteiger partial charge in [-0.2, -0.15) is 11.8 Å². The number of nitrogens with two attached hydrogens (primary N) is 1. The normalized spacial score (nSPS) is 11.5. The van der Waals surface area contributed by atoms with E-state index in [0.29, 0.717) is 0 Å². The molecule has 0 heterocycles. The van der Waals surface area contributed by atoms with Crippen LogP contribution in [0.4, 0.5) is 11.4 Å². The Bertz CT molecular complexity index is 339. The fourth-order valence-corrected chi connectivity index (χ4v) is 2.00. The third-order valence-electron chi connectivity index (χ3n) is 2.25. The van der Waals surface area contributed by atoms with Gasteiger partial charge in [-0.3, -0.25) is 0 Å². The predicted octanol–water partition coefficient (Wildman–Crippen LogP) is 3.43. The second-order valence-corrected chi connectivity index (χ2v) is 6.73. The maximum absolute atomic E-state index is 5.70. The molecule has 0 bridgehead atoms. The van der Waals surface area contributed by atoms with E-state index in [1.165, 1.54) is 3.57 Å². The van der Waals surface area contributed by atoms with Crippen LogP contribution in [0.2, 0.25) is 0 Å². The highest BCUT2D eigenvalue weighted by molar-refractivity contribution is 14.1. The zero-order chi connectivity index (χ0) is 11.5. The van der Waals surface area contributed by atoms with E-state index in [4.69, 9.17) is 5.73 Å². The number of hydrogen-bond acceptors (Lipinski definition) is 3. The lowest BCUT2D eigenvalue weighted by molar-refractivity contribution is 0.752. The van der Waals surface area contributed by atoms with Gasteiger partial charge in [0.2, 0.25) is 0 Å². The quantitative estimate of drug-likeness (QED) is 0.654. The van der Waals surface area contributed by atoms with E-state index in [-0.39, 0.29) is 4.75 Å². The van der Waals surface area contributed by atoms with Gasteiger partial charge in [-0.25, -0.2) is 0 Å². The van der Waals surface area contributed by atoms with E-state index >= 15 is 0 Å². The Morgan fingerprint density at radius 1 is 1.47 bits per heavy atom. The average molecular weight is 336 g/mol. The Balaban J connectivity index is 2.66. The largest absolute Gasteiger partial charge is 0.399 e. The molecule has 0 amide bonds. The van der Waals surface area contributed by atoms with Gasteiger partial charge in [0, 0.05) is 26.2 Å². The van der Waals surface area contributed by atoms with Crippen LogP contribution < -0.4 is 11.1 Å². The third-order valence-corrected chi connectivity index (χ3v) is 4.39. The van der Waals surface area contributed by atoms with Crippen LogP contribution in [0.5, 0.6) is 0 Å². The van der Waals surface area contributed by atoms with Gasteiger partial charge in [0.15, 0.2) is 0 Å². The molecular weight excluding hydrogens is 319 g/mol. The summed E-state index contributed by atoms with van der Waals surface area (Å²) >= 11 is 4.17. The smallest absolute Gasteiger partial charge is 0.0477 e. The maximum atomic E-state index is 5.70. The third kappa shape index (κ3) is 4.10. The summed E-state index contributed by atoms with van der Waals surface area (Å²) < 4.78 is 1.43. The molecule has 1 aromatic carbocycles. The van der Waals surface area contributed by atoms with Crippen molar-refractivity contribution in [2.45, 2.75) is 18.6 Å². The summed E-state index contributed by atoms with van der Waals surface area (Å²) in [5.74, 6) is 0. The number of rotatable bonds is 4. The van der Waals surface area contributed by atoms with Crippen molar-refractivity contribution in [1.82, 2.24) is 0 Å². The molecule has 0 aliphatic heterocycles. The van der Waals surface area contributed by atoms with Crippen molar-refractivity contribution in [3.8, 4) is 0 Å². The number of halogens is 1. The molecule has 0 saturated heterocycles. The van der Waals surface area contributed by atoms with E-state index in [0.717, 1.165) is 17.9 Å². The highest BCUT2D eigenvalue weighted by Gasteiger charge is 2.15. The van der Waals surface area contributed by atoms with Crippen molar-refractivity contribution >= 4 is 45.7 Å². The van der Waals surface area contributed by atoms with Gasteiger partial charge in [0.05, 0.1) is 0 Å². The van der Waals surface area contributed by atoms with Gasteiger partial charge in [-0.15, -0.1) is 0 Å². The zero-order valence-corrected chi connectivity index (χ0v) is 12.3. The van der Waals surface area contributed by atoms with Gasteiger partial charge in [-0.05, 0) is 60.9 Å². The van der Waals surface area contributed by atoms with Crippen LogP contribution in [-0.4, -0.2) is 17.5 Å². The van der Waals surface area contributed by atoms with Crippen LogP contribution in [0.1, 0.15) is 13.8 Å². The SMILES string of the molecule is CSC(C)(C)CNc1ccc(N)cc1I. The fourth-order valence-electron chi connectivity index (χ4n) is 1.05. The minimum absolute atomic E-state index is 0.254. The standard InChI is InChI=1S/C11H17IN2S/c1-11(2,15-3)7-14-10-5-4-8(13)6-9(10)12/h4-6,14H,7,13H2,1-3H3. The molecule has 1 rings (SSSR count). The van der Waals surface area contributed by atoms with E-state index in [1.54, 1.807) is 0 Å². The topological polar surface area (TPSA) is 38.0 Å². The van der Waals surface area contributed by atoms with Gasteiger partial charge in [-0.1, -0.05) is 0 Å². The molecular formula is C11H17IN2S. The van der Waals surface area contributed by atoms with Gasteiger partial charge in [0.25, 0.3) is 0 Å². The summed E-state index contributed by atoms with van der Waals surface area (Å²) in [6.07, 6.45) is 2.13. The first-order chi connectivity index (χ1) is 6.94. The molecule has 15 heavy (non-hydrogen) atoms. The Hall–Kier alpha value is -0.100. The van der Waals surface area contributed by atoms with Crippen molar-refractivity contribution in [3.05, 3.63) is 21.8 Å². The first-order valence-electron chi connectivity index (χ1n) is 4.79. The molecule has 0 aliphatic rings. The summed E-state index contributed by atoms with van der Waals surface area (Å²) in [4.78, 5) is 0. The Labute approximate surface area is 110 Å². The molecule has 0 atom stereocenters. The molecule has 0 radical (unpaired) electrons. The maximum Gasteiger partial charge on any atom is 0.0477 e. The lowest BCUT2D eigenvalue weighted by atomic mass is 10.2. The van der Waals surface area contributed by atoms with Crippen LogP contribution in [-0.2, 0) is 0 Å². The molecule has 3 N–H and O–H groups in total. The number of anilines is 2. The predicted molar refractivity (Wildman–Crippen MR) is 79.7 cm³/mol. The fraction of sp³-hybridized carbons (Fsp3) is 0.455. The van der Waals surface area contributed by atoms with Crippen LogP contribution in [0.15, 0.2) is 18.2 Å². The van der Waals surface area contributed by atoms with E-state index in [2.05, 4.69) is 48.0 Å². The van der Waals surface area contributed by atoms with Crippen molar-refractivity contribution in [1.29, 1.82) is 0 Å². The zero-order valence-electron chi connectivity index (χ0n) is 9.30. The number of hydrogen-bond donors (Lipinski definition) is 2. The van der Waals surface area contributed by atoms with E-state index in [1.807, 2.05) is 30.0 Å². The van der Waals surface area contributed by atoms with Crippen LogP contribution >= 0.6 is 34.4 Å². The molecule has 0 fully saturated rings. The molecule has 0 aliphatic carbocycles. The second kappa shape index (κ2) is 5.30. The average Bonchev–Trinajstić information content (AvgIpc) is 2.16. The van der Waals surface area contributed by atoms with Gasteiger partial charge in [0.1, 0.15) is 0 Å². The summed E-state index contributed by atoms with van der Waals surface area (Å²) in [5, 5.41) is 3.45. The lowest BCUT2D eigenvalue weighted by Gasteiger charge is -2.23. The molecule has 0 unspecified atom stereocenters. The number of thioether (sulfide) groups is 1. The summed E-state index contributed by atoms with van der Waals surface area (Å²) in [6.45, 7) is 5.41. The van der Waals surface area contributed by atoms with Crippen molar-refractivity contribution in [3.63, 3.8) is 0 Å². The summed E-state index contributed by atoms with van der Waals surface area (Å²) in [7, 11) is 0. The van der Waals surface area contributed by atoms with Crippen molar-refractivity contribution in [2.24, 2.45) is 0 Å². The second-order valence-electron chi connectivity index (χ2n) is 4.06. The first kappa shape index (κ1) is 13.0. The van der Waals surface area contributed by atoms with E-state index < -0.39 is 0 Å². The van der Waals surface area contributed by atoms with Gasteiger partial charge >= 0.3 is 0 Å². The minimum atomic E-state index is 0.254. The molecule has 2 nitrogen and oxygen atoms in total. The molecule has 0 aromatic heterocycles. The summed E-state index contributed by atoms with van der Waals surface area (Å²) in [6, 6.07) is 5.94. The highest BCUT2D eigenvalue weighted by atomic mass is 127. The van der Waals surface area contributed by atoms with Crippen LogP contribution in [0.3, 0.4) is 0 Å². The lowest BCUT2D eigenvalue weighted by Crippen LogP contribution is -2.26. The van der Waals surface area contributed by atoms with Crippen molar-refractivity contribution < 1.29 is 0 Å². The van der Waals surface area contributed by atoms with Crippen molar-refractivity contribution in [2.75, 3.05) is 23.9 Å². The molecule has 0 saturated carbocycles. The first-order valence-corrected chi connectivity index (χ1v) is 7.09. The number of nitrogens with one attached hydrogen (secondary N) is 1. The highest BCUT2D eigenvalue weighted by Crippen LogP contribution is 2.25. The number of benzene rings is 1. The molecule has 84 valence electrons. The van der Waals surface area contributed by atoms with Crippen LogP contribution in [0.25, 0.3) is 0 Å². The van der Waals surface area contributed by atoms with Gasteiger partial charge < -0.3 is 11.1 Å². The Morgan fingerprint density at radius 3 is 2.67 bits per heavy atom. The molecule has 1 aromatic rings. The summed E-state index contributed by atoms with van der Waals surface area (Å²) in [5.41, 5.74) is 7.67. The number of nitrogen functional groups attached to an aromatic ring is 1.